The van der Waals surface area contributed by atoms with Crippen molar-refractivity contribution >= 4 is 10.0 Å². The van der Waals surface area contributed by atoms with E-state index in [1.807, 2.05) is 30.3 Å². The van der Waals surface area contributed by atoms with Crippen molar-refractivity contribution in [1.29, 1.82) is 0 Å². The van der Waals surface area contributed by atoms with Gasteiger partial charge in [-0.05, 0) is 37.1 Å². The summed E-state index contributed by atoms with van der Waals surface area (Å²) in [5.41, 5.74) is 4.48. The Kier molecular flexibility index (Phi) is 3.97. The summed E-state index contributed by atoms with van der Waals surface area (Å²) in [5.74, 6) is 0. The predicted octanol–water partition coefficient (Wildman–Crippen LogP) is 2.79. The second-order valence-electron chi connectivity index (χ2n) is 5.64. The lowest BCUT2D eigenvalue weighted by Crippen LogP contribution is -2.54. The van der Waals surface area contributed by atoms with Gasteiger partial charge in [-0.3, -0.25) is 0 Å². The minimum absolute atomic E-state index is 0.208. The highest BCUT2D eigenvalue weighted by molar-refractivity contribution is 7.89. The molecule has 3 rings (SSSR count). The zero-order valence-corrected chi connectivity index (χ0v) is 13.7. The summed E-state index contributed by atoms with van der Waals surface area (Å²) in [6.45, 7) is 3.50. The van der Waals surface area contributed by atoms with E-state index in [1.54, 1.807) is 38.1 Å². The van der Waals surface area contributed by atoms with Crippen LogP contribution in [0.5, 0.6) is 0 Å². The molecule has 0 saturated heterocycles. The van der Waals surface area contributed by atoms with Crippen LogP contribution in [0.15, 0.2) is 71.3 Å². The molecule has 5 nitrogen and oxygen atoms in total. The van der Waals surface area contributed by atoms with E-state index in [1.165, 1.54) is 6.26 Å². The minimum Gasteiger partial charge on any atom is -0.414 e. The molecule has 0 saturated carbocycles. The predicted molar refractivity (Wildman–Crippen MR) is 88.6 cm³/mol. The smallest absolute Gasteiger partial charge is 0.242 e. The highest BCUT2D eigenvalue weighted by Gasteiger charge is 2.36. The van der Waals surface area contributed by atoms with Crippen molar-refractivity contribution in [3.8, 4) is 11.1 Å². The van der Waals surface area contributed by atoms with Gasteiger partial charge in [-0.2, -0.15) is 4.72 Å². The Morgan fingerprint density at radius 1 is 1.00 bits per heavy atom. The molecule has 6 heteroatoms. The Bertz CT molecular complexity index is 830. The molecule has 0 amide bonds. The summed E-state index contributed by atoms with van der Waals surface area (Å²) in [4.78, 5) is 5.20. The first-order chi connectivity index (χ1) is 10.9. The second kappa shape index (κ2) is 5.81. The molecule has 1 heterocycles. The number of hydroxylamine groups is 1. The molecule has 2 aromatic rings. The van der Waals surface area contributed by atoms with Crippen molar-refractivity contribution in [2.45, 2.75) is 24.4 Å². The van der Waals surface area contributed by atoms with Gasteiger partial charge in [-0.25, -0.2) is 8.42 Å². The van der Waals surface area contributed by atoms with Crippen molar-refractivity contribution in [1.82, 2.24) is 10.2 Å². The molecule has 1 aliphatic rings. The third kappa shape index (κ3) is 3.14. The summed E-state index contributed by atoms with van der Waals surface area (Å²) in [6, 6.07) is 16.6. The number of hydrogen-bond donors (Lipinski definition) is 2. The number of hydrogen-bond acceptors (Lipinski definition) is 4. The van der Waals surface area contributed by atoms with E-state index in [4.69, 9.17) is 4.84 Å². The Labute approximate surface area is 136 Å². The van der Waals surface area contributed by atoms with Crippen LogP contribution in [0.2, 0.25) is 0 Å². The SMILES string of the molecule is CC1=CONC1(C)NS(=O)(=O)c1ccc(-c2ccccc2)cc1. The molecule has 1 atom stereocenters. The minimum atomic E-state index is -3.67. The molecule has 120 valence electrons. The summed E-state index contributed by atoms with van der Waals surface area (Å²) >= 11 is 0. The average Bonchev–Trinajstić information content (AvgIpc) is 2.86. The van der Waals surface area contributed by atoms with E-state index in [0.717, 1.165) is 16.7 Å². The zero-order chi connectivity index (χ0) is 16.5. The van der Waals surface area contributed by atoms with Crippen LogP contribution < -0.4 is 10.2 Å². The van der Waals surface area contributed by atoms with E-state index in [-0.39, 0.29) is 4.90 Å². The molecule has 2 aromatic carbocycles. The first kappa shape index (κ1) is 15.7. The van der Waals surface area contributed by atoms with Gasteiger partial charge in [0.15, 0.2) is 0 Å². The summed E-state index contributed by atoms with van der Waals surface area (Å²) in [6.07, 6.45) is 1.49. The molecule has 0 aliphatic carbocycles. The Morgan fingerprint density at radius 2 is 1.61 bits per heavy atom. The van der Waals surface area contributed by atoms with Gasteiger partial charge in [-0.1, -0.05) is 42.5 Å². The molecule has 1 unspecified atom stereocenters. The molecular weight excluding hydrogens is 312 g/mol. The lowest BCUT2D eigenvalue weighted by atomic mass is 10.1. The van der Waals surface area contributed by atoms with Gasteiger partial charge in [-0.15, -0.1) is 5.48 Å². The van der Waals surface area contributed by atoms with Crippen LogP contribution in [0.25, 0.3) is 11.1 Å². The lowest BCUT2D eigenvalue weighted by Gasteiger charge is -2.25. The van der Waals surface area contributed by atoms with Crippen molar-refractivity contribution in [2.24, 2.45) is 0 Å². The summed E-state index contributed by atoms with van der Waals surface area (Å²) in [5, 5.41) is 0. The molecule has 0 bridgehead atoms. The number of benzene rings is 2. The third-order valence-corrected chi connectivity index (χ3v) is 5.47. The highest BCUT2D eigenvalue weighted by Crippen LogP contribution is 2.24. The number of rotatable bonds is 4. The van der Waals surface area contributed by atoms with E-state index < -0.39 is 15.7 Å². The maximum Gasteiger partial charge on any atom is 0.242 e. The molecule has 23 heavy (non-hydrogen) atoms. The Hall–Kier alpha value is -2.15. The Morgan fingerprint density at radius 3 is 2.17 bits per heavy atom. The van der Waals surface area contributed by atoms with Gasteiger partial charge in [0.25, 0.3) is 0 Å². The fraction of sp³-hybridized carbons (Fsp3) is 0.176. The van der Waals surface area contributed by atoms with Crippen LogP contribution >= 0.6 is 0 Å². The van der Waals surface area contributed by atoms with Crippen molar-refractivity contribution in [3.63, 3.8) is 0 Å². The van der Waals surface area contributed by atoms with E-state index >= 15 is 0 Å². The van der Waals surface area contributed by atoms with Crippen LogP contribution in [0.4, 0.5) is 0 Å². The van der Waals surface area contributed by atoms with Gasteiger partial charge in [0, 0.05) is 5.57 Å². The largest absolute Gasteiger partial charge is 0.414 e. The molecule has 0 radical (unpaired) electrons. The summed E-state index contributed by atoms with van der Waals surface area (Å²) in [7, 11) is -3.67. The monoisotopic (exact) mass is 330 g/mol. The maximum atomic E-state index is 12.6. The van der Waals surface area contributed by atoms with Crippen molar-refractivity contribution in [3.05, 3.63) is 66.4 Å². The van der Waals surface area contributed by atoms with Gasteiger partial charge in [0.05, 0.1) is 4.90 Å². The van der Waals surface area contributed by atoms with Crippen molar-refractivity contribution < 1.29 is 13.3 Å². The highest BCUT2D eigenvalue weighted by atomic mass is 32.2. The normalized spacial score (nSPS) is 20.9. The fourth-order valence-electron chi connectivity index (χ4n) is 2.32. The molecule has 0 aromatic heterocycles. The van der Waals surface area contributed by atoms with Crippen LogP contribution in [-0.4, -0.2) is 14.1 Å². The third-order valence-electron chi connectivity index (χ3n) is 3.90. The second-order valence-corrected chi connectivity index (χ2v) is 7.32. The van der Waals surface area contributed by atoms with Crippen LogP contribution in [-0.2, 0) is 14.9 Å². The maximum absolute atomic E-state index is 12.6. The van der Waals surface area contributed by atoms with Crippen LogP contribution in [0.1, 0.15) is 13.8 Å². The lowest BCUT2D eigenvalue weighted by molar-refractivity contribution is 0.0993. The fourth-order valence-corrected chi connectivity index (χ4v) is 3.67. The molecule has 0 fully saturated rings. The average molecular weight is 330 g/mol. The van der Waals surface area contributed by atoms with Crippen molar-refractivity contribution in [2.75, 3.05) is 0 Å². The van der Waals surface area contributed by atoms with Gasteiger partial charge < -0.3 is 4.84 Å². The van der Waals surface area contributed by atoms with Crippen LogP contribution in [0.3, 0.4) is 0 Å². The molecule has 2 N–H and O–H groups in total. The molecular formula is C17H18N2O3S. The molecule has 0 spiro atoms. The van der Waals surface area contributed by atoms with Gasteiger partial charge in [0.1, 0.15) is 11.9 Å². The molecule has 1 aliphatic heterocycles. The van der Waals surface area contributed by atoms with E-state index in [2.05, 4.69) is 10.2 Å². The van der Waals surface area contributed by atoms with E-state index in [0.29, 0.717) is 0 Å². The van der Waals surface area contributed by atoms with Crippen LogP contribution in [0, 0.1) is 0 Å². The van der Waals surface area contributed by atoms with Gasteiger partial charge >= 0.3 is 0 Å². The topological polar surface area (TPSA) is 67.4 Å². The zero-order valence-electron chi connectivity index (χ0n) is 12.9. The first-order valence-electron chi connectivity index (χ1n) is 7.20. The number of sulfonamides is 1. The quantitative estimate of drug-likeness (QED) is 0.904. The standard InChI is InChI=1S/C17H18N2O3S/c1-13-12-22-18-17(13,2)19-23(20,21)16-10-8-15(9-11-16)14-6-4-3-5-7-14/h3-12,18-19H,1-2H3. The van der Waals surface area contributed by atoms with E-state index in [9.17, 15) is 8.42 Å². The number of nitrogens with one attached hydrogen (secondary N) is 2. The summed E-state index contributed by atoms with van der Waals surface area (Å²) < 4.78 is 27.7. The Balaban J connectivity index is 1.85. The van der Waals surface area contributed by atoms with Gasteiger partial charge in [0.2, 0.25) is 10.0 Å². The first-order valence-corrected chi connectivity index (χ1v) is 8.69.